The van der Waals surface area contributed by atoms with Crippen LogP contribution in [0.2, 0.25) is 15.1 Å². The molecule has 2 amide bonds. The molecule has 1 heterocycles. The molecule has 0 radical (unpaired) electrons. The molecule has 0 aliphatic carbocycles. The summed E-state index contributed by atoms with van der Waals surface area (Å²) in [6.07, 6.45) is 0. The van der Waals surface area contributed by atoms with Gasteiger partial charge in [0, 0.05) is 0 Å². The maximum Gasteiger partial charge on any atom is 0.267 e. The number of hydrogen-bond acceptors (Lipinski definition) is 3. The van der Waals surface area contributed by atoms with Gasteiger partial charge in [-0.15, -0.1) is 0 Å². The number of carbonyl (C=O) groups excluding carboxylic acids is 2. The Morgan fingerprint density at radius 2 is 1.52 bits per heavy atom. The molecule has 1 N–H and O–H groups in total. The first-order valence-corrected chi connectivity index (χ1v) is 6.90. The fourth-order valence-corrected chi connectivity index (χ4v) is 2.82. The smallest absolute Gasteiger partial charge is 0.267 e. The Bertz CT molecular complexity index is 787. The van der Waals surface area contributed by atoms with Crippen molar-refractivity contribution in [3.05, 3.63) is 56.5 Å². The minimum absolute atomic E-state index is 0.0273. The van der Waals surface area contributed by atoms with E-state index in [-0.39, 0.29) is 31.9 Å². The Morgan fingerprint density at radius 3 is 2.14 bits per heavy atom. The maximum absolute atomic E-state index is 12.4. The number of imide groups is 1. The summed E-state index contributed by atoms with van der Waals surface area (Å²) in [5, 5.41) is 9.37. The lowest BCUT2D eigenvalue weighted by Crippen LogP contribution is -2.29. The van der Waals surface area contributed by atoms with Gasteiger partial charge in [-0.2, -0.15) is 0 Å². The number of hydrogen-bond donors (Lipinski definition) is 1. The number of carbonyl (C=O) groups is 2. The highest BCUT2D eigenvalue weighted by atomic mass is 35.5. The van der Waals surface area contributed by atoms with Crippen LogP contribution in [0.25, 0.3) is 0 Å². The highest BCUT2D eigenvalue weighted by Gasteiger charge is 2.39. The molecule has 1 aliphatic heterocycles. The van der Waals surface area contributed by atoms with Crippen molar-refractivity contribution < 1.29 is 14.7 Å². The predicted molar refractivity (Wildman–Crippen MR) is 80.7 cm³/mol. The highest BCUT2D eigenvalue weighted by Crippen LogP contribution is 2.40. The Hall–Kier alpha value is -1.75. The fourth-order valence-electron chi connectivity index (χ4n) is 2.13. The van der Waals surface area contributed by atoms with Crippen molar-refractivity contribution in [2.45, 2.75) is 0 Å². The van der Waals surface area contributed by atoms with Gasteiger partial charge >= 0.3 is 0 Å². The van der Waals surface area contributed by atoms with Gasteiger partial charge in [0.15, 0.2) is 0 Å². The first-order chi connectivity index (χ1) is 9.91. The summed E-state index contributed by atoms with van der Waals surface area (Å²) in [6.45, 7) is 0. The van der Waals surface area contributed by atoms with Gasteiger partial charge in [-0.3, -0.25) is 9.59 Å². The van der Waals surface area contributed by atoms with E-state index in [4.69, 9.17) is 34.8 Å². The molecule has 21 heavy (non-hydrogen) atoms. The van der Waals surface area contributed by atoms with Crippen molar-refractivity contribution in [2.24, 2.45) is 0 Å². The number of phenolic OH excluding ortho intramolecular Hbond substituents is 1. The first-order valence-electron chi connectivity index (χ1n) is 5.77. The highest BCUT2D eigenvalue weighted by molar-refractivity contribution is 6.51. The van der Waals surface area contributed by atoms with Gasteiger partial charge in [-0.05, 0) is 30.3 Å². The van der Waals surface area contributed by atoms with E-state index in [1.807, 2.05) is 0 Å². The van der Waals surface area contributed by atoms with Gasteiger partial charge in [0.1, 0.15) is 5.75 Å². The number of fused-ring (bicyclic) bond motifs is 1. The minimum Gasteiger partial charge on any atom is -0.508 e. The van der Waals surface area contributed by atoms with Crippen molar-refractivity contribution in [3.8, 4) is 5.75 Å². The van der Waals surface area contributed by atoms with Crippen LogP contribution in [0.5, 0.6) is 5.75 Å². The molecule has 3 rings (SSSR count). The Kier molecular flexibility index (Phi) is 3.32. The topological polar surface area (TPSA) is 57.6 Å². The van der Waals surface area contributed by atoms with Crippen LogP contribution in [0.1, 0.15) is 20.7 Å². The summed E-state index contributed by atoms with van der Waals surface area (Å²) in [6, 6.07) is 6.98. The summed E-state index contributed by atoms with van der Waals surface area (Å²) >= 11 is 17.8. The van der Waals surface area contributed by atoms with Crippen molar-refractivity contribution >= 4 is 52.3 Å². The Morgan fingerprint density at radius 1 is 0.905 bits per heavy atom. The number of nitrogens with zero attached hydrogens (tertiary/aromatic N) is 1. The van der Waals surface area contributed by atoms with Gasteiger partial charge in [0.05, 0.1) is 31.9 Å². The molecule has 0 atom stereocenters. The minimum atomic E-state index is -0.579. The van der Waals surface area contributed by atoms with Crippen LogP contribution in [0.3, 0.4) is 0 Å². The van der Waals surface area contributed by atoms with Gasteiger partial charge in [-0.25, -0.2) is 4.90 Å². The summed E-state index contributed by atoms with van der Waals surface area (Å²) in [5.41, 5.74) is 0.457. The van der Waals surface area contributed by atoms with E-state index in [9.17, 15) is 14.7 Å². The van der Waals surface area contributed by atoms with Crippen LogP contribution in [0.15, 0.2) is 30.3 Å². The number of halogens is 3. The molecule has 0 spiro atoms. The zero-order chi connectivity index (χ0) is 15.3. The molecule has 0 saturated carbocycles. The maximum atomic E-state index is 12.4. The van der Waals surface area contributed by atoms with Crippen LogP contribution >= 0.6 is 34.8 Å². The average molecular weight is 343 g/mol. The SMILES string of the molecule is O=C1c2cc(Cl)c(Cl)c(Cl)c2C(=O)N1c1ccc(O)cc1. The second kappa shape index (κ2) is 4.91. The second-order valence-electron chi connectivity index (χ2n) is 4.37. The third-order valence-electron chi connectivity index (χ3n) is 3.12. The molecule has 4 nitrogen and oxygen atoms in total. The van der Waals surface area contributed by atoms with Gasteiger partial charge in [-0.1, -0.05) is 34.8 Å². The molecule has 2 aromatic rings. The lowest BCUT2D eigenvalue weighted by atomic mass is 10.1. The van der Waals surface area contributed by atoms with E-state index in [1.165, 1.54) is 30.3 Å². The molecule has 0 unspecified atom stereocenters. The van der Waals surface area contributed by atoms with Crippen LogP contribution in [-0.4, -0.2) is 16.9 Å². The Labute approximate surface area is 134 Å². The number of phenols is 1. The van der Waals surface area contributed by atoms with Crippen LogP contribution < -0.4 is 4.90 Å². The van der Waals surface area contributed by atoms with E-state index < -0.39 is 11.8 Å². The summed E-state index contributed by atoms with van der Waals surface area (Å²) in [5.74, 6) is -1.09. The Balaban J connectivity index is 2.17. The molecule has 0 saturated heterocycles. The summed E-state index contributed by atoms with van der Waals surface area (Å²) in [4.78, 5) is 25.8. The number of rotatable bonds is 1. The largest absolute Gasteiger partial charge is 0.508 e. The van der Waals surface area contributed by atoms with Gasteiger partial charge in [0.2, 0.25) is 0 Å². The lowest BCUT2D eigenvalue weighted by Gasteiger charge is -2.13. The third-order valence-corrected chi connectivity index (χ3v) is 4.38. The van der Waals surface area contributed by atoms with Crippen LogP contribution in [0, 0.1) is 0 Å². The normalized spacial score (nSPS) is 13.8. The first kappa shape index (κ1) is 14.2. The average Bonchev–Trinajstić information content (AvgIpc) is 2.69. The van der Waals surface area contributed by atoms with E-state index >= 15 is 0 Å². The van der Waals surface area contributed by atoms with Crippen molar-refractivity contribution in [1.82, 2.24) is 0 Å². The van der Waals surface area contributed by atoms with Gasteiger partial charge in [0.25, 0.3) is 11.8 Å². The number of amides is 2. The molecule has 7 heteroatoms. The number of anilines is 1. The molecular formula is C14H6Cl3NO3. The zero-order valence-corrected chi connectivity index (χ0v) is 12.5. The molecule has 0 aromatic heterocycles. The quantitative estimate of drug-likeness (QED) is 0.625. The van der Waals surface area contributed by atoms with Crippen LogP contribution in [0.4, 0.5) is 5.69 Å². The fraction of sp³-hybridized carbons (Fsp3) is 0. The van der Waals surface area contributed by atoms with E-state index in [2.05, 4.69) is 0 Å². The molecule has 0 fully saturated rings. The number of benzene rings is 2. The van der Waals surface area contributed by atoms with Crippen molar-refractivity contribution in [2.75, 3.05) is 4.90 Å². The van der Waals surface area contributed by atoms with E-state index in [0.717, 1.165) is 4.90 Å². The summed E-state index contributed by atoms with van der Waals surface area (Å²) in [7, 11) is 0. The van der Waals surface area contributed by atoms with E-state index in [0.29, 0.717) is 5.69 Å². The van der Waals surface area contributed by atoms with Crippen molar-refractivity contribution in [1.29, 1.82) is 0 Å². The molecule has 1 aliphatic rings. The monoisotopic (exact) mass is 341 g/mol. The molecular weight excluding hydrogens is 337 g/mol. The number of aromatic hydroxyl groups is 1. The molecule has 0 bridgehead atoms. The van der Waals surface area contributed by atoms with Gasteiger partial charge < -0.3 is 5.11 Å². The zero-order valence-electron chi connectivity index (χ0n) is 10.2. The lowest BCUT2D eigenvalue weighted by molar-refractivity contribution is 0.0926. The standard InChI is InChI=1S/C14H6Cl3NO3/c15-9-5-8-10(12(17)11(9)16)14(21)18(13(8)20)6-1-3-7(19)4-2-6/h1-5,19H. The predicted octanol–water partition coefficient (Wildman–Crippen LogP) is 4.15. The molecule has 106 valence electrons. The van der Waals surface area contributed by atoms with E-state index in [1.54, 1.807) is 0 Å². The summed E-state index contributed by atoms with van der Waals surface area (Å²) < 4.78 is 0. The van der Waals surface area contributed by atoms with Crippen molar-refractivity contribution in [3.63, 3.8) is 0 Å². The third kappa shape index (κ3) is 2.07. The van der Waals surface area contributed by atoms with Crippen LogP contribution in [-0.2, 0) is 0 Å². The second-order valence-corrected chi connectivity index (χ2v) is 5.53. The molecule has 2 aromatic carbocycles.